The van der Waals surface area contributed by atoms with Crippen LogP contribution < -0.4 is 26.9 Å². The van der Waals surface area contributed by atoms with E-state index < -0.39 is 15.7 Å². The quantitative estimate of drug-likeness (QED) is 0.382. The topological polar surface area (TPSA) is 155 Å². The zero-order valence-corrected chi connectivity index (χ0v) is 20.0. The van der Waals surface area contributed by atoms with Crippen LogP contribution in [0.5, 0.6) is 0 Å². The Balaban J connectivity index is 1.54. The van der Waals surface area contributed by atoms with Gasteiger partial charge in [0.2, 0.25) is 0 Å². The van der Waals surface area contributed by atoms with Crippen molar-refractivity contribution < 1.29 is 13.2 Å². The van der Waals surface area contributed by atoms with Crippen molar-refractivity contribution in [1.29, 1.82) is 0 Å². The molecule has 3 aromatic rings. The van der Waals surface area contributed by atoms with Crippen LogP contribution in [0.1, 0.15) is 32.5 Å². The molecule has 0 spiro atoms. The van der Waals surface area contributed by atoms with Crippen LogP contribution in [-0.2, 0) is 20.4 Å². The summed E-state index contributed by atoms with van der Waals surface area (Å²) in [5.74, 6) is 1.04. The maximum atomic E-state index is 12.1. The molecule has 0 aromatic carbocycles. The van der Waals surface area contributed by atoms with Crippen LogP contribution in [-0.4, -0.2) is 62.4 Å². The maximum absolute atomic E-state index is 12.1. The molecule has 1 unspecified atom stereocenters. The molecule has 12 nitrogen and oxygen atoms in total. The summed E-state index contributed by atoms with van der Waals surface area (Å²) in [5, 5.41) is 17.2. The van der Waals surface area contributed by atoms with Crippen LogP contribution in [0, 0.1) is 0 Å². The van der Waals surface area contributed by atoms with E-state index in [0.717, 1.165) is 20.5 Å². The van der Waals surface area contributed by atoms with Crippen molar-refractivity contribution in [2.24, 2.45) is 5.73 Å². The number of fused-ring (bicyclic) bond motifs is 1. The highest BCUT2D eigenvalue weighted by atomic mass is 32.2. The van der Waals surface area contributed by atoms with Crippen molar-refractivity contribution in [2.75, 3.05) is 24.3 Å². The fraction of sp³-hybridized carbons (Fsp3) is 0.429. The molecule has 0 saturated carbocycles. The SMILES string of the molecule is CCS(=O)(=O)n1cc(-c2nccc(C3(N)C=c4c(c(NC5COC5)nn4C(C)C)=CN3)n2)cn1. The second kappa shape index (κ2) is 8.18. The van der Waals surface area contributed by atoms with Gasteiger partial charge in [-0.05, 0) is 32.9 Å². The van der Waals surface area contributed by atoms with Crippen molar-refractivity contribution in [1.82, 2.24) is 34.3 Å². The van der Waals surface area contributed by atoms with Gasteiger partial charge in [-0.15, -0.1) is 0 Å². The molecule has 5 heterocycles. The van der Waals surface area contributed by atoms with Gasteiger partial charge in [-0.3, -0.25) is 4.68 Å². The Morgan fingerprint density at radius 3 is 2.85 bits per heavy atom. The molecular weight excluding hydrogens is 458 g/mol. The lowest BCUT2D eigenvalue weighted by Gasteiger charge is -2.28. The molecule has 1 fully saturated rings. The van der Waals surface area contributed by atoms with Crippen LogP contribution >= 0.6 is 0 Å². The normalized spacial score (nSPS) is 20.1. The summed E-state index contributed by atoms with van der Waals surface area (Å²) in [5.41, 5.74) is 6.64. The van der Waals surface area contributed by atoms with E-state index >= 15 is 0 Å². The molecule has 2 aliphatic rings. The van der Waals surface area contributed by atoms with Crippen molar-refractivity contribution in [3.63, 3.8) is 0 Å². The third-order valence-electron chi connectivity index (χ3n) is 5.82. The Kier molecular flexibility index (Phi) is 5.41. The molecule has 5 rings (SSSR count). The number of nitrogens with zero attached hydrogens (tertiary/aromatic N) is 6. The van der Waals surface area contributed by atoms with Gasteiger partial charge in [0, 0.05) is 18.4 Å². The number of aromatic nitrogens is 6. The molecule has 0 amide bonds. The Morgan fingerprint density at radius 1 is 1.38 bits per heavy atom. The van der Waals surface area contributed by atoms with Gasteiger partial charge in [0.15, 0.2) is 17.3 Å². The predicted octanol–water partition coefficient (Wildman–Crippen LogP) is -0.941. The van der Waals surface area contributed by atoms with Gasteiger partial charge in [-0.2, -0.15) is 14.3 Å². The Bertz CT molecular complexity index is 1460. The zero-order valence-electron chi connectivity index (χ0n) is 19.1. The summed E-state index contributed by atoms with van der Waals surface area (Å²) in [4.78, 5) is 8.92. The van der Waals surface area contributed by atoms with Crippen LogP contribution in [0.4, 0.5) is 5.82 Å². The van der Waals surface area contributed by atoms with Crippen LogP contribution in [0.3, 0.4) is 0 Å². The minimum absolute atomic E-state index is 0.0634. The molecule has 0 aliphatic carbocycles. The number of ether oxygens (including phenoxy) is 1. The number of hydrogen-bond donors (Lipinski definition) is 3. The number of rotatable bonds is 7. The lowest BCUT2D eigenvalue weighted by atomic mass is 10.0. The summed E-state index contributed by atoms with van der Waals surface area (Å²) in [6.45, 7) is 6.98. The molecule has 2 aliphatic heterocycles. The number of hydrogen-bond acceptors (Lipinski definition) is 10. The number of nitrogens with one attached hydrogen (secondary N) is 2. The average Bonchev–Trinajstić information content (AvgIpc) is 3.42. The van der Waals surface area contributed by atoms with Crippen molar-refractivity contribution in [3.05, 3.63) is 40.9 Å². The van der Waals surface area contributed by atoms with Crippen LogP contribution in [0.15, 0.2) is 24.7 Å². The zero-order chi connectivity index (χ0) is 24.1. The third kappa shape index (κ3) is 3.85. The summed E-state index contributed by atoms with van der Waals surface area (Å²) in [6.07, 6.45) is 8.16. The van der Waals surface area contributed by atoms with Gasteiger partial charge in [0.05, 0.1) is 59.2 Å². The van der Waals surface area contributed by atoms with Gasteiger partial charge in [0.25, 0.3) is 10.0 Å². The van der Waals surface area contributed by atoms with E-state index in [-0.39, 0.29) is 17.8 Å². The molecule has 1 atom stereocenters. The van der Waals surface area contributed by atoms with Crippen molar-refractivity contribution in [2.45, 2.75) is 38.5 Å². The summed E-state index contributed by atoms with van der Waals surface area (Å²) in [6, 6.07) is 2.07. The molecule has 4 N–H and O–H groups in total. The van der Waals surface area contributed by atoms with Gasteiger partial charge in [-0.25, -0.2) is 18.4 Å². The highest BCUT2D eigenvalue weighted by Gasteiger charge is 2.30. The molecule has 0 bridgehead atoms. The van der Waals surface area contributed by atoms with Gasteiger partial charge >= 0.3 is 0 Å². The first-order valence-corrected chi connectivity index (χ1v) is 12.7. The minimum atomic E-state index is -3.50. The fourth-order valence-corrected chi connectivity index (χ4v) is 4.52. The highest BCUT2D eigenvalue weighted by Crippen LogP contribution is 2.21. The molecule has 3 aromatic heterocycles. The van der Waals surface area contributed by atoms with E-state index in [1.165, 1.54) is 12.4 Å². The van der Waals surface area contributed by atoms with E-state index in [0.29, 0.717) is 30.3 Å². The summed E-state index contributed by atoms with van der Waals surface area (Å²) >= 11 is 0. The van der Waals surface area contributed by atoms with E-state index in [1.807, 2.05) is 17.0 Å². The van der Waals surface area contributed by atoms with E-state index in [9.17, 15) is 8.42 Å². The first-order chi connectivity index (χ1) is 16.2. The van der Waals surface area contributed by atoms with Crippen LogP contribution in [0.2, 0.25) is 0 Å². The van der Waals surface area contributed by atoms with Gasteiger partial charge in [0.1, 0.15) is 0 Å². The monoisotopic (exact) mass is 485 g/mol. The molecular formula is C21H27N9O3S. The second-order valence-electron chi connectivity index (χ2n) is 8.63. The molecule has 34 heavy (non-hydrogen) atoms. The van der Waals surface area contributed by atoms with Crippen molar-refractivity contribution in [3.8, 4) is 11.4 Å². The Hall–Kier alpha value is -3.29. The first-order valence-electron chi connectivity index (χ1n) is 11.0. The predicted molar refractivity (Wildman–Crippen MR) is 126 cm³/mol. The average molecular weight is 486 g/mol. The van der Waals surface area contributed by atoms with E-state index in [1.54, 1.807) is 19.2 Å². The Morgan fingerprint density at radius 2 is 2.18 bits per heavy atom. The lowest BCUT2D eigenvalue weighted by Crippen LogP contribution is -2.54. The van der Waals surface area contributed by atoms with Crippen molar-refractivity contribution >= 4 is 28.1 Å². The number of anilines is 1. The summed E-state index contributed by atoms with van der Waals surface area (Å²) in [7, 11) is -3.50. The third-order valence-corrected chi connectivity index (χ3v) is 7.32. The minimum Gasteiger partial charge on any atom is -0.377 e. The highest BCUT2D eigenvalue weighted by molar-refractivity contribution is 7.89. The lowest BCUT2D eigenvalue weighted by molar-refractivity contribution is 0.0209. The molecule has 13 heteroatoms. The largest absolute Gasteiger partial charge is 0.377 e. The second-order valence-corrected chi connectivity index (χ2v) is 10.7. The summed E-state index contributed by atoms with van der Waals surface area (Å²) < 4.78 is 32.3. The maximum Gasteiger partial charge on any atom is 0.253 e. The molecule has 0 radical (unpaired) electrons. The van der Waals surface area contributed by atoms with Crippen LogP contribution in [0.25, 0.3) is 23.7 Å². The Labute approximate surface area is 196 Å². The molecule has 180 valence electrons. The molecule has 1 saturated heterocycles. The first kappa shape index (κ1) is 22.5. The standard InChI is InChI=1S/C21H27N9O3S/c1-4-34(31,32)29-10-14(8-25-29)19-23-6-5-18(27-19)21(22)7-17-16(9-24-21)20(26-15-11-33-12-15)28-30(17)13(2)3/h5-10,13,15,24H,4,11-12,22H2,1-3H3,(H,26,28). The van der Waals surface area contributed by atoms with E-state index in [2.05, 4.69) is 39.5 Å². The van der Waals surface area contributed by atoms with Gasteiger partial charge < -0.3 is 21.1 Å². The fourth-order valence-electron chi connectivity index (χ4n) is 3.79. The van der Waals surface area contributed by atoms with Gasteiger partial charge in [-0.1, -0.05) is 0 Å². The smallest absolute Gasteiger partial charge is 0.253 e. The van der Waals surface area contributed by atoms with E-state index in [4.69, 9.17) is 15.6 Å². The number of nitrogens with two attached hydrogens (primary N) is 1.